The second-order valence-electron chi connectivity index (χ2n) is 6.41. The normalized spacial score (nSPS) is 13.3. The fourth-order valence-electron chi connectivity index (χ4n) is 3.24. The number of carbonyl (C=O) groups excluding carboxylic acids is 1. The van der Waals surface area contributed by atoms with Crippen molar-refractivity contribution in [3.8, 4) is 5.69 Å². The number of rotatable bonds is 3. The minimum Gasteiger partial charge on any atom is -0.334 e. The minimum atomic E-state index is -0.307. The standard InChI is InChI=1S/C20H18F2N4O/c21-15-5-3-14(4-6-15)12-23-20(27)25-11-1-2-18-19(25)13-24-26(18)17-9-7-16(22)8-10-17/h3-10,13H,1-2,11-12H2,(H,23,27). The van der Waals surface area contributed by atoms with Crippen LogP contribution in [-0.4, -0.2) is 22.4 Å². The van der Waals surface area contributed by atoms with E-state index in [2.05, 4.69) is 10.4 Å². The number of aromatic nitrogens is 2. The summed E-state index contributed by atoms with van der Waals surface area (Å²) in [5.41, 5.74) is 3.25. The minimum absolute atomic E-state index is 0.223. The molecule has 0 bridgehead atoms. The molecule has 1 aliphatic heterocycles. The highest BCUT2D eigenvalue weighted by Crippen LogP contribution is 2.29. The number of urea groups is 1. The third kappa shape index (κ3) is 3.53. The van der Waals surface area contributed by atoms with Gasteiger partial charge in [-0.15, -0.1) is 0 Å². The van der Waals surface area contributed by atoms with Gasteiger partial charge in [0.2, 0.25) is 0 Å². The monoisotopic (exact) mass is 368 g/mol. The number of carbonyl (C=O) groups is 1. The van der Waals surface area contributed by atoms with E-state index >= 15 is 0 Å². The highest BCUT2D eigenvalue weighted by Gasteiger charge is 2.26. The lowest BCUT2D eigenvalue weighted by Crippen LogP contribution is -2.42. The Morgan fingerprint density at radius 1 is 1.04 bits per heavy atom. The van der Waals surface area contributed by atoms with Gasteiger partial charge in [-0.1, -0.05) is 12.1 Å². The molecule has 7 heteroatoms. The van der Waals surface area contributed by atoms with Crippen molar-refractivity contribution in [3.63, 3.8) is 0 Å². The fraction of sp³-hybridized carbons (Fsp3) is 0.200. The number of fused-ring (bicyclic) bond motifs is 1. The number of anilines is 1. The van der Waals surface area contributed by atoms with Crippen LogP contribution in [0.25, 0.3) is 5.69 Å². The topological polar surface area (TPSA) is 50.2 Å². The first-order valence-corrected chi connectivity index (χ1v) is 8.74. The fourth-order valence-corrected chi connectivity index (χ4v) is 3.24. The first-order valence-electron chi connectivity index (χ1n) is 8.74. The quantitative estimate of drug-likeness (QED) is 0.764. The Hall–Kier alpha value is -3.22. The van der Waals surface area contributed by atoms with Crippen LogP contribution >= 0.6 is 0 Å². The lowest BCUT2D eigenvalue weighted by Gasteiger charge is -2.27. The van der Waals surface area contributed by atoms with Crippen LogP contribution in [0.4, 0.5) is 19.3 Å². The summed E-state index contributed by atoms with van der Waals surface area (Å²) in [4.78, 5) is 14.3. The number of halogens is 2. The van der Waals surface area contributed by atoms with Crippen LogP contribution in [0.15, 0.2) is 54.7 Å². The number of amides is 2. The molecule has 0 radical (unpaired) electrons. The van der Waals surface area contributed by atoms with E-state index in [1.807, 2.05) is 0 Å². The van der Waals surface area contributed by atoms with E-state index < -0.39 is 0 Å². The summed E-state index contributed by atoms with van der Waals surface area (Å²) in [5, 5.41) is 7.25. The molecule has 4 rings (SSSR count). The van der Waals surface area contributed by atoms with Crippen molar-refractivity contribution < 1.29 is 13.6 Å². The lowest BCUT2D eigenvalue weighted by molar-refractivity contribution is 0.245. The molecule has 1 aromatic heterocycles. The molecule has 0 atom stereocenters. The van der Waals surface area contributed by atoms with Crippen molar-refractivity contribution >= 4 is 11.7 Å². The van der Waals surface area contributed by atoms with Gasteiger partial charge in [-0.25, -0.2) is 18.3 Å². The van der Waals surface area contributed by atoms with E-state index in [-0.39, 0.29) is 17.7 Å². The molecule has 1 N–H and O–H groups in total. The first kappa shape index (κ1) is 17.2. The molecular weight excluding hydrogens is 350 g/mol. The summed E-state index contributed by atoms with van der Waals surface area (Å²) in [6, 6.07) is 11.9. The Morgan fingerprint density at radius 2 is 1.70 bits per heavy atom. The number of hydrogen-bond donors (Lipinski definition) is 1. The van der Waals surface area contributed by atoms with Gasteiger partial charge in [-0.2, -0.15) is 5.10 Å². The zero-order valence-corrected chi connectivity index (χ0v) is 14.5. The van der Waals surface area contributed by atoms with Gasteiger partial charge in [0, 0.05) is 13.1 Å². The predicted molar refractivity (Wildman–Crippen MR) is 97.8 cm³/mol. The molecule has 0 spiro atoms. The third-order valence-electron chi connectivity index (χ3n) is 4.61. The molecular formula is C20H18F2N4O. The molecule has 27 heavy (non-hydrogen) atoms. The Bertz CT molecular complexity index is 951. The second-order valence-corrected chi connectivity index (χ2v) is 6.41. The molecule has 0 unspecified atom stereocenters. The predicted octanol–water partition coefficient (Wildman–Crippen LogP) is 3.81. The maximum absolute atomic E-state index is 13.2. The van der Waals surface area contributed by atoms with Crippen molar-refractivity contribution in [2.75, 3.05) is 11.4 Å². The summed E-state index contributed by atoms with van der Waals surface area (Å²) in [6.07, 6.45) is 3.26. The van der Waals surface area contributed by atoms with E-state index in [4.69, 9.17) is 0 Å². The number of nitrogens with one attached hydrogen (secondary N) is 1. The van der Waals surface area contributed by atoms with Crippen LogP contribution in [0.5, 0.6) is 0 Å². The van der Waals surface area contributed by atoms with Gasteiger partial charge in [0.15, 0.2) is 0 Å². The summed E-state index contributed by atoms with van der Waals surface area (Å²) >= 11 is 0. The molecule has 0 fully saturated rings. The average molecular weight is 368 g/mol. The molecule has 1 aliphatic rings. The first-order chi connectivity index (χ1) is 13.1. The summed E-state index contributed by atoms with van der Waals surface area (Å²) in [7, 11) is 0. The number of nitrogens with zero attached hydrogens (tertiary/aromatic N) is 3. The maximum atomic E-state index is 13.2. The van der Waals surface area contributed by atoms with Crippen LogP contribution in [0, 0.1) is 11.6 Å². The Kier molecular flexibility index (Phi) is 4.58. The summed E-state index contributed by atoms with van der Waals surface area (Å²) in [6.45, 7) is 0.911. The largest absolute Gasteiger partial charge is 0.334 e. The molecule has 3 aromatic rings. The molecule has 138 valence electrons. The number of hydrogen-bond acceptors (Lipinski definition) is 2. The van der Waals surface area contributed by atoms with E-state index in [1.165, 1.54) is 24.3 Å². The molecule has 0 saturated carbocycles. The highest BCUT2D eigenvalue weighted by atomic mass is 19.1. The number of benzene rings is 2. The van der Waals surface area contributed by atoms with Gasteiger partial charge >= 0.3 is 6.03 Å². The van der Waals surface area contributed by atoms with Crippen molar-refractivity contribution in [2.45, 2.75) is 19.4 Å². The Morgan fingerprint density at radius 3 is 2.41 bits per heavy atom. The molecule has 2 heterocycles. The molecule has 5 nitrogen and oxygen atoms in total. The summed E-state index contributed by atoms with van der Waals surface area (Å²) < 4.78 is 27.9. The van der Waals surface area contributed by atoms with Crippen LogP contribution in [0.2, 0.25) is 0 Å². The maximum Gasteiger partial charge on any atom is 0.322 e. The van der Waals surface area contributed by atoms with E-state index in [1.54, 1.807) is 40.0 Å². The Labute approximate surface area is 155 Å². The van der Waals surface area contributed by atoms with Crippen molar-refractivity contribution in [3.05, 3.63) is 77.6 Å². The van der Waals surface area contributed by atoms with Crippen molar-refractivity contribution in [1.82, 2.24) is 15.1 Å². The van der Waals surface area contributed by atoms with E-state index in [9.17, 15) is 13.6 Å². The van der Waals surface area contributed by atoms with Gasteiger partial charge in [0.25, 0.3) is 0 Å². The van der Waals surface area contributed by atoms with Gasteiger partial charge in [0.05, 0.1) is 23.3 Å². The molecule has 2 aromatic carbocycles. The van der Waals surface area contributed by atoms with Crippen LogP contribution in [-0.2, 0) is 13.0 Å². The third-order valence-corrected chi connectivity index (χ3v) is 4.61. The van der Waals surface area contributed by atoms with Gasteiger partial charge in [-0.3, -0.25) is 4.90 Å². The van der Waals surface area contributed by atoms with Crippen molar-refractivity contribution in [1.29, 1.82) is 0 Å². The summed E-state index contributed by atoms with van der Waals surface area (Å²) in [5.74, 6) is -0.611. The van der Waals surface area contributed by atoms with E-state index in [0.717, 1.165) is 35.5 Å². The molecule has 2 amide bonds. The van der Waals surface area contributed by atoms with E-state index in [0.29, 0.717) is 13.1 Å². The SMILES string of the molecule is O=C(NCc1ccc(F)cc1)N1CCCc2c1cnn2-c1ccc(F)cc1. The second kappa shape index (κ2) is 7.19. The van der Waals surface area contributed by atoms with Gasteiger partial charge in [0.1, 0.15) is 11.6 Å². The van der Waals surface area contributed by atoms with Crippen LogP contribution < -0.4 is 10.2 Å². The van der Waals surface area contributed by atoms with Crippen LogP contribution in [0.3, 0.4) is 0 Å². The molecule has 0 aliphatic carbocycles. The van der Waals surface area contributed by atoms with Gasteiger partial charge < -0.3 is 5.32 Å². The zero-order valence-electron chi connectivity index (χ0n) is 14.5. The van der Waals surface area contributed by atoms with Crippen LogP contribution in [0.1, 0.15) is 17.7 Å². The zero-order chi connectivity index (χ0) is 18.8. The Balaban J connectivity index is 1.52. The lowest BCUT2D eigenvalue weighted by atomic mass is 10.1. The molecule has 0 saturated heterocycles. The highest BCUT2D eigenvalue weighted by molar-refractivity contribution is 5.93. The average Bonchev–Trinajstić information content (AvgIpc) is 3.12. The van der Waals surface area contributed by atoms with Crippen molar-refractivity contribution in [2.24, 2.45) is 0 Å². The smallest absolute Gasteiger partial charge is 0.322 e. The van der Waals surface area contributed by atoms with Gasteiger partial charge in [-0.05, 0) is 54.8 Å².